The van der Waals surface area contributed by atoms with Gasteiger partial charge in [-0.1, -0.05) is 0 Å². The first-order valence-electron chi connectivity index (χ1n) is 3.95. The first-order chi connectivity index (χ1) is 7.02. The van der Waals surface area contributed by atoms with E-state index in [1.54, 1.807) is 0 Å². The van der Waals surface area contributed by atoms with Gasteiger partial charge in [0, 0.05) is 13.2 Å². The van der Waals surface area contributed by atoms with Crippen molar-refractivity contribution in [2.45, 2.75) is 0 Å². The summed E-state index contributed by atoms with van der Waals surface area (Å²) in [5.41, 5.74) is -0.123. The molecule has 0 fully saturated rings. The lowest BCUT2D eigenvalue weighted by atomic mass is 10.2. The average molecular weight is 207 g/mol. The molecule has 0 unspecified atom stereocenters. The number of rotatable bonds is 1. The van der Waals surface area contributed by atoms with Gasteiger partial charge in [-0.05, 0) is 0 Å². The number of carboxylic acid groups (broad SMARTS) is 1. The van der Waals surface area contributed by atoms with Crippen LogP contribution in [0.3, 0.4) is 0 Å². The van der Waals surface area contributed by atoms with E-state index in [1.165, 1.54) is 7.05 Å². The molecule has 76 valence electrons. The van der Waals surface area contributed by atoms with Crippen LogP contribution in [-0.4, -0.2) is 44.8 Å². The maximum atomic E-state index is 11.4. The van der Waals surface area contributed by atoms with E-state index in [9.17, 15) is 14.4 Å². The van der Waals surface area contributed by atoms with E-state index in [-0.39, 0.29) is 11.3 Å². The number of carbonyl (C=O) groups is 3. The van der Waals surface area contributed by atoms with Crippen LogP contribution in [0.25, 0.3) is 0 Å². The number of carbonyl (C=O) groups excluding carboxylic acids is 2. The van der Waals surface area contributed by atoms with Crippen molar-refractivity contribution >= 4 is 17.8 Å². The van der Waals surface area contributed by atoms with Gasteiger partial charge in [0.15, 0.2) is 0 Å². The molecule has 0 bridgehead atoms. The Balaban J connectivity index is 2.61. The molecule has 1 aromatic rings. The number of hydrogen-bond acceptors (Lipinski definition) is 5. The minimum atomic E-state index is -1.34. The van der Waals surface area contributed by atoms with Crippen molar-refractivity contribution in [2.24, 2.45) is 0 Å². The van der Waals surface area contributed by atoms with Crippen molar-refractivity contribution < 1.29 is 19.5 Å². The van der Waals surface area contributed by atoms with Crippen molar-refractivity contribution in [3.05, 3.63) is 23.3 Å². The lowest BCUT2D eigenvalue weighted by Crippen LogP contribution is -2.24. The van der Waals surface area contributed by atoms with Crippen molar-refractivity contribution in [3.63, 3.8) is 0 Å². The van der Waals surface area contributed by atoms with Gasteiger partial charge >= 0.3 is 5.97 Å². The molecular weight excluding hydrogens is 202 g/mol. The molecule has 0 saturated carbocycles. The summed E-state index contributed by atoms with van der Waals surface area (Å²) < 4.78 is 0. The van der Waals surface area contributed by atoms with Crippen LogP contribution in [0.1, 0.15) is 31.5 Å². The lowest BCUT2D eigenvalue weighted by molar-refractivity contribution is 0.0679. The minimum Gasteiger partial charge on any atom is -0.475 e. The van der Waals surface area contributed by atoms with Crippen LogP contribution in [0.2, 0.25) is 0 Å². The van der Waals surface area contributed by atoms with E-state index < -0.39 is 23.6 Å². The van der Waals surface area contributed by atoms with E-state index in [2.05, 4.69) is 9.97 Å². The first kappa shape index (κ1) is 9.25. The van der Waals surface area contributed by atoms with Crippen LogP contribution in [0.5, 0.6) is 0 Å². The third kappa shape index (κ3) is 1.17. The predicted octanol–water partition coefficient (Wildman–Crippen LogP) is -0.599. The summed E-state index contributed by atoms with van der Waals surface area (Å²) >= 11 is 0. The van der Waals surface area contributed by atoms with Crippen LogP contribution in [0.4, 0.5) is 0 Å². The average Bonchev–Trinajstić information content (AvgIpc) is 2.44. The van der Waals surface area contributed by atoms with Crippen LogP contribution < -0.4 is 0 Å². The van der Waals surface area contributed by atoms with Gasteiger partial charge in [0.05, 0.1) is 5.56 Å². The van der Waals surface area contributed by atoms with E-state index in [1.807, 2.05) is 0 Å². The van der Waals surface area contributed by atoms with E-state index >= 15 is 0 Å². The number of aromatic nitrogens is 2. The van der Waals surface area contributed by atoms with Gasteiger partial charge in [0.2, 0.25) is 5.82 Å². The second kappa shape index (κ2) is 2.84. The molecule has 0 aliphatic carbocycles. The quantitative estimate of drug-likeness (QED) is 0.617. The first-order valence-corrected chi connectivity index (χ1v) is 3.95. The number of nitrogens with zero attached hydrogens (tertiary/aromatic N) is 3. The summed E-state index contributed by atoms with van der Waals surface area (Å²) in [7, 11) is 1.30. The fourth-order valence-corrected chi connectivity index (χ4v) is 1.24. The lowest BCUT2D eigenvalue weighted by Gasteiger charge is -2.01. The van der Waals surface area contributed by atoms with Gasteiger partial charge < -0.3 is 5.11 Å². The van der Waals surface area contributed by atoms with E-state index in [0.717, 1.165) is 11.1 Å². The molecule has 0 radical (unpaired) electrons. The largest absolute Gasteiger partial charge is 0.475 e. The fraction of sp³-hybridized carbons (Fsp3) is 0.125. The normalized spacial score (nSPS) is 14.3. The molecule has 1 aromatic heterocycles. The maximum absolute atomic E-state index is 11.4. The molecular formula is C8H5N3O4. The summed E-state index contributed by atoms with van der Waals surface area (Å²) in [6, 6.07) is 0. The molecule has 2 amide bonds. The third-order valence-electron chi connectivity index (χ3n) is 2.02. The second-order valence-corrected chi connectivity index (χ2v) is 2.93. The highest BCUT2D eigenvalue weighted by Crippen LogP contribution is 2.18. The Morgan fingerprint density at radius 3 is 2.67 bits per heavy atom. The zero-order valence-corrected chi connectivity index (χ0v) is 7.59. The molecule has 0 aromatic carbocycles. The number of fused-ring (bicyclic) bond motifs is 1. The van der Waals surface area contributed by atoms with Gasteiger partial charge in [0.1, 0.15) is 5.69 Å². The van der Waals surface area contributed by atoms with Crippen molar-refractivity contribution in [1.29, 1.82) is 0 Å². The van der Waals surface area contributed by atoms with Gasteiger partial charge in [-0.25, -0.2) is 14.8 Å². The minimum absolute atomic E-state index is 0.0347. The Morgan fingerprint density at radius 2 is 2.07 bits per heavy atom. The van der Waals surface area contributed by atoms with E-state index in [4.69, 9.17) is 5.11 Å². The fourth-order valence-electron chi connectivity index (χ4n) is 1.24. The topological polar surface area (TPSA) is 100 Å². The third-order valence-corrected chi connectivity index (χ3v) is 2.02. The monoisotopic (exact) mass is 207 g/mol. The van der Waals surface area contributed by atoms with Gasteiger partial charge in [0.25, 0.3) is 11.8 Å². The van der Waals surface area contributed by atoms with Crippen molar-refractivity contribution in [2.75, 3.05) is 7.05 Å². The molecule has 15 heavy (non-hydrogen) atoms. The SMILES string of the molecule is CN1C(=O)c2cnc(C(=O)O)nc2C1=O. The Hall–Kier alpha value is -2.31. The highest BCUT2D eigenvalue weighted by atomic mass is 16.4. The summed E-state index contributed by atoms with van der Waals surface area (Å²) in [6.07, 6.45) is 1.05. The number of amides is 2. The molecule has 0 saturated heterocycles. The highest BCUT2D eigenvalue weighted by molar-refractivity contribution is 6.20. The Morgan fingerprint density at radius 1 is 1.40 bits per heavy atom. The molecule has 1 N–H and O–H groups in total. The zero-order chi connectivity index (χ0) is 11.2. The molecule has 7 nitrogen and oxygen atoms in total. The second-order valence-electron chi connectivity index (χ2n) is 2.93. The molecule has 0 spiro atoms. The molecule has 2 rings (SSSR count). The number of carboxylic acids is 1. The van der Waals surface area contributed by atoms with Gasteiger partial charge in [-0.3, -0.25) is 14.5 Å². The zero-order valence-electron chi connectivity index (χ0n) is 7.59. The van der Waals surface area contributed by atoms with Crippen LogP contribution in [0.15, 0.2) is 6.20 Å². The number of hydrogen-bond donors (Lipinski definition) is 1. The summed E-state index contributed by atoms with van der Waals surface area (Å²) in [5.74, 6) is -2.97. The van der Waals surface area contributed by atoms with E-state index in [0.29, 0.717) is 0 Å². The summed E-state index contributed by atoms with van der Waals surface area (Å²) in [6.45, 7) is 0. The smallest absolute Gasteiger partial charge is 0.373 e. The molecule has 0 atom stereocenters. The standard InChI is InChI=1S/C8H5N3O4/c1-11-6(12)3-2-9-5(8(14)15)10-4(3)7(11)13/h2H,1H3,(H,14,15). The Bertz CT molecular complexity index is 497. The van der Waals surface area contributed by atoms with Crippen LogP contribution >= 0.6 is 0 Å². The van der Waals surface area contributed by atoms with Crippen molar-refractivity contribution in [1.82, 2.24) is 14.9 Å². The van der Waals surface area contributed by atoms with Crippen LogP contribution in [0, 0.1) is 0 Å². The van der Waals surface area contributed by atoms with Gasteiger partial charge in [-0.15, -0.1) is 0 Å². The molecule has 1 aliphatic rings. The van der Waals surface area contributed by atoms with Gasteiger partial charge in [-0.2, -0.15) is 0 Å². The molecule has 7 heteroatoms. The maximum Gasteiger partial charge on any atom is 0.373 e. The molecule has 2 heterocycles. The number of imide groups is 1. The molecule has 1 aliphatic heterocycles. The van der Waals surface area contributed by atoms with Crippen molar-refractivity contribution in [3.8, 4) is 0 Å². The highest BCUT2D eigenvalue weighted by Gasteiger charge is 2.35. The predicted molar refractivity (Wildman–Crippen MR) is 45.4 cm³/mol. The van der Waals surface area contributed by atoms with Crippen LogP contribution in [-0.2, 0) is 0 Å². The Labute approximate surface area is 83.4 Å². The summed E-state index contributed by atoms with van der Waals surface area (Å²) in [4.78, 5) is 41.1. The number of aromatic carboxylic acids is 1. The summed E-state index contributed by atoms with van der Waals surface area (Å²) in [5, 5.41) is 8.60. The Kier molecular flexibility index (Phi) is 1.75.